The second-order valence-corrected chi connectivity index (χ2v) is 11.8. The Hall–Kier alpha value is -4.02. The van der Waals surface area contributed by atoms with Gasteiger partial charge in [-0.25, -0.2) is 0 Å². The summed E-state index contributed by atoms with van der Waals surface area (Å²) < 4.78 is 82.4. The monoisotopic (exact) mass is 620 g/mol. The molecule has 0 N–H and O–H groups in total. The molecule has 44 heavy (non-hydrogen) atoms. The van der Waals surface area contributed by atoms with Gasteiger partial charge >= 0.3 is 12.4 Å². The number of hydrogen-bond acceptors (Lipinski definition) is 7. The minimum Gasteiger partial charge on any atom is -0.371 e. The van der Waals surface area contributed by atoms with E-state index in [0.29, 0.717) is 25.4 Å². The Morgan fingerprint density at radius 2 is 1.59 bits per heavy atom. The van der Waals surface area contributed by atoms with E-state index in [0.717, 1.165) is 66.9 Å². The topological polar surface area (TPSA) is 77.1 Å². The second-order valence-electron chi connectivity index (χ2n) is 11.8. The van der Waals surface area contributed by atoms with Gasteiger partial charge in [0.25, 0.3) is 5.95 Å². The number of piperidine rings is 1. The Labute approximate surface area is 251 Å². The summed E-state index contributed by atoms with van der Waals surface area (Å²) in [7, 11) is 1.55. The summed E-state index contributed by atoms with van der Waals surface area (Å²) in [4.78, 5) is 7.01. The Morgan fingerprint density at radius 3 is 2.16 bits per heavy atom. The van der Waals surface area contributed by atoms with Crippen molar-refractivity contribution in [1.29, 1.82) is 5.26 Å². The molecule has 3 aromatic rings. The molecule has 0 spiro atoms. The molecule has 1 saturated heterocycles. The van der Waals surface area contributed by atoms with Crippen LogP contribution in [0.4, 0.5) is 38.0 Å². The summed E-state index contributed by atoms with van der Waals surface area (Å²) >= 11 is 0. The highest BCUT2D eigenvalue weighted by Gasteiger charge is 2.38. The first-order valence-electron chi connectivity index (χ1n) is 14.5. The molecule has 1 fully saturated rings. The van der Waals surface area contributed by atoms with E-state index in [1.807, 2.05) is 19.9 Å². The number of fused-ring (bicyclic) bond motifs is 1. The second kappa shape index (κ2) is 12.2. The lowest BCUT2D eigenvalue weighted by atomic mass is 9.93. The van der Waals surface area contributed by atoms with E-state index in [-0.39, 0.29) is 24.1 Å². The Kier molecular flexibility index (Phi) is 8.68. The van der Waals surface area contributed by atoms with Gasteiger partial charge in [0.15, 0.2) is 6.19 Å². The lowest BCUT2D eigenvalue weighted by molar-refractivity contribution is -0.143. The summed E-state index contributed by atoms with van der Waals surface area (Å²) in [5.74, 6) is 0.499. The number of aromatic nitrogens is 4. The first-order valence-corrected chi connectivity index (χ1v) is 14.5. The van der Waals surface area contributed by atoms with E-state index in [4.69, 9.17) is 0 Å². The van der Waals surface area contributed by atoms with Gasteiger partial charge in [-0.1, -0.05) is 22.8 Å². The molecule has 0 aliphatic carbocycles. The molecule has 0 unspecified atom stereocenters. The van der Waals surface area contributed by atoms with E-state index in [9.17, 15) is 31.6 Å². The highest BCUT2D eigenvalue weighted by atomic mass is 19.4. The molecule has 5 rings (SSSR count). The molecule has 2 aliphatic heterocycles. The van der Waals surface area contributed by atoms with Crippen LogP contribution in [-0.4, -0.2) is 51.3 Å². The lowest BCUT2D eigenvalue weighted by Crippen LogP contribution is -2.37. The van der Waals surface area contributed by atoms with Crippen molar-refractivity contribution in [2.45, 2.75) is 64.5 Å². The van der Waals surface area contributed by atoms with Gasteiger partial charge in [0.2, 0.25) is 0 Å². The third kappa shape index (κ3) is 6.87. The molecule has 14 heteroatoms. The van der Waals surface area contributed by atoms with E-state index < -0.39 is 29.5 Å². The predicted molar refractivity (Wildman–Crippen MR) is 151 cm³/mol. The normalized spacial score (nSPS) is 18.1. The van der Waals surface area contributed by atoms with E-state index in [1.54, 1.807) is 16.8 Å². The highest BCUT2D eigenvalue weighted by molar-refractivity contribution is 5.64. The smallest absolute Gasteiger partial charge is 0.371 e. The van der Waals surface area contributed by atoms with Crippen molar-refractivity contribution in [3.8, 4) is 6.19 Å². The highest BCUT2D eigenvalue weighted by Crippen LogP contribution is 2.43. The SMILES string of the molecule is Cc1cc(C)c2c(c1)[C@@H](N(Cc1cc(C(F)(F)F)cc(C(F)(F)F)c1)c1nnn(C)n1)CCCN2CC1CCN(C#N)CC1. The molecule has 0 bridgehead atoms. The zero-order valence-corrected chi connectivity index (χ0v) is 24.8. The van der Waals surface area contributed by atoms with Gasteiger partial charge < -0.3 is 14.7 Å². The third-order valence-corrected chi connectivity index (χ3v) is 8.42. The summed E-state index contributed by atoms with van der Waals surface area (Å²) in [6, 6.07) is 5.35. The van der Waals surface area contributed by atoms with Gasteiger partial charge in [-0.3, -0.25) is 0 Å². The summed E-state index contributed by atoms with van der Waals surface area (Å²) in [6.45, 7) is 6.63. The maximum absolute atomic E-state index is 13.7. The molecule has 1 aromatic heterocycles. The standard InChI is InChI=1S/C30H34F6N8/c1-19-11-20(2)27-25(12-19)26(5-4-8-43(27)16-21-6-9-42(18-37)10-7-21)44(28-38-40-41(3)39-28)17-22-13-23(29(31,32)33)15-24(14-22)30(34,35)36/h11-15,21,26H,4-10,16-17H2,1-3H3/t26-/m0/s1. The minimum absolute atomic E-state index is 0.117. The van der Waals surface area contributed by atoms with Gasteiger partial charge in [-0.05, 0) is 85.6 Å². The van der Waals surface area contributed by atoms with Crippen LogP contribution in [0.1, 0.15) is 65.1 Å². The molecular formula is C30H34F6N8. The number of likely N-dealkylation sites (tertiary alicyclic amines) is 1. The van der Waals surface area contributed by atoms with Crippen molar-refractivity contribution in [3.05, 3.63) is 63.7 Å². The van der Waals surface area contributed by atoms with Crippen LogP contribution in [0.5, 0.6) is 0 Å². The molecule has 1 atom stereocenters. The van der Waals surface area contributed by atoms with Crippen LogP contribution in [0.25, 0.3) is 0 Å². The van der Waals surface area contributed by atoms with Crippen LogP contribution in [0.3, 0.4) is 0 Å². The molecule has 8 nitrogen and oxygen atoms in total. The number of anilines is 2. The van der Waals surface area contributed by atoms with Gasteiger partial charge in [-0.2, -0.15) is 36.4 Å². The van der Waals surface area contributed by atoms with Crippen molar-refractivity contribution in [1.82, 2.24) is 25.1 Å². The molecule has 0 radical (unpaired) electrons. The zero-order valence-electron chi connectivity index (χ0n) is 24.8. The fourth-order valence-corrected chi connectivity index (χ4v) is 6.47. The average Bonchev–Trinajstić information content (AvgIpc) is 3.30. The summed E-state index contributed by atoms with van der Waals surface area (Å²) in [6.07, 6.45) is -4.63. The van der Waals surface area contributed by atoms with Crippen LogP contribution >= 0.6 is 0 Å². The van der Waals surface area contributed by atoms with Crippen LogP contribution in [-0.2, 0) is 25.9 Å². The number of tetrazole rings is 1. The van der Waals surface area contributed by atoms with Crippen molar-refractivity contribution >= 4 is 11.6 Å². The van der Waals surface area contributed by atoms with E-state index in [1.165, 1.54) is 4.80 Å². The number of hydrogen-bond donors (Lipinski definition) is 0. The average molecular weight is 621 g/mol. The third-order valence-electron chi connectivity index (χ3n) is 8.42. The number of alkyl halides is 6. The molecule has 0 saturated carbocycles. The van der Waals surface area contributed by atoms with Gasteiger partial charge in [-0.15, -0.1) is 5.10 Å². The largest absolute Gasteiger partial charge is 0.416 e. The Balaban J connectivity index is 1.57. The zero-order chi connectivity index (χ0) is 31.8. The first kappa shape index (κ1) is 31.4. The summed E-state index contributed by atoms with van der Waals surface area (Å²) in [5, 5.41) is 21.7. The predicted octanol–water partition coefficient (Wildman–Crippen LogP) is 6.41. The first-order chi connectivity index (χ1) is 20.7. The van der Waals surface area contributed by atoms with Crippen molar-refractivity contribution < 1.29 is 26.3 Å². The van der Waals surface area contributed by atoms with Crippen LogP contribution in [0.2, 0.25) is 0 Å². The number of rotatable bonds is 6. The Morgan fingerprint density at radius 1 is 0.932 bits per heavy atom. The quantitative estimate of drug-likeness (QED) is 0.233. The fraction of sp³-hybridized carbons (Fsp3) is 0.533. The number of halogens is 6. The number of nitrogens with zero attached hydrogens (tertiary/aromatic N) is 8. The Bertz CT molecular complexity index is 1480. The number of nitriles is 1. The maximum Gasteiger partial charge on any atom is 0.416 e. The van der Waals surface area contributed by atoms with Crippen LogP contribution < -0.4 is 9.80 Å². The van der Waals surface area contributed by atoms with Crippen molar-refractivity contribution in [3.63, 3.8) is 0 Å². The van der Waals surface area contributed by atoms with E-state index >= 15 is 0 Å². The van der Waals surface area contributed by atoms with Gasteiger partial charge in [0.05, 0.1) is 24.2 Å². The van der Waals surface area contributed by atoms with Gasteiger partial charge in [0, 0.05) is 38.4 Å². The number of benzene rings is 2. The summed E-state index contributed by atoms with van der Waals surface area (Å²) in [5.41, 5.74) is 1.07. The lowest BCUT2D eigenvalue weighted by Gasteiger charge is -2.36. The molecular weight excluding hydrogens is 586 g/mol. The maximum atomic E-state index is 13.7. The van der Waals surface area contributed by atoms with Gasteiger partial charge in [0.1, 0.15) is 0 Å². The molecule has 236 valence electrons. The fourth-order valence-electron chi connectivity index (χ4n) is 6.47. The van der Waals surface area contributed by atoms with E-state index in [2.05, 4.69) is 32.6 Å². The molecule has 2 aromatic carbocycles. The van der Waals surface area contributed by atoms with Crippen molar-refractivity contribution in [2.75, 3.05) is 36.0 Å². The van der Waals surface area contributed by atoms with Crippen molar-refractivity contribution in [2.24, 2.45) is 13.0 Å². The molecule has 3 heterocycles. The minimum atomic E-state index is -4.96. The molecule has 2 aliphatic rings. The van der Waals surface area contributed by atoms with Crippen LogP contribution in [0, 0.1) is 31.2 Å². The molecule has 0 amide bonds. The number of aryl methyl sites for hydroxylation is 3. The van der Waals surface area contributed by atoms with Crippen LogP contribution in [0.15, 0.2) is 30.3 Å².